The van der Waals surface area contributed by atoms with E-state index in [-0.39, 0.29) is 30.0 Å². The second-order valence-corrected chi connectivity index (χ2v) is 7.21. The first-order valence-corrected chi connectivity index (χ1v) is 8.37. The number of halogens is 2. The average Bonchev–Trinajstić information content (AvgIpc) is 2.47. The van der Waals surface area contributed by atoms with Crippen molar-refractivity contribution < 1.29 is 17.9 Å². The fraction of sp³-hybridized carbons (Fsp3) is 0.500. The van der Waals surface area contributed by atoms with Crippen molar-refractivity contribution in [3.8, 4) is 5.75 Å². The second-order valence-electron chi connectivity index (χ2n) is 4.39. The van der Waals surface area contributed by atoms with Gasteiger partial charge in [-0.15, -0.1) is 12.4 Å². The van der Waals surface area contributed by atoms with Gasteiger partial charge in [-0.1, -0.05) is 15.9 Å². The van der Waals surface area contributed by atoms with Gasteiger partial charge in [0.2, 0.25) is 10.0 Å². The van der Waals surface area contributed by atoms with Crippen LogP contribution in [-0.2, 0) is 14.8 Å². The van der Waals surface area contributed by atoms with Crippen LogP contribution < -0.4 is 10.5 Å². The van der Waals surface area contributed by atoms with Crippen LogP contribution in [-0.4, -0.2) is 52.2 Å². The minimum atomic E-state index is -3.63. The predicted octanol–water partition coefficient (Wildman–Crippen LogP) is 1.23. The Kier molecular flexibility index (Phi) is 6.89. The zero-order valence-electron chi connectivity index (χ0n) is 11.5. The molecule has 0 spiro atoms. The van der Waals surface area contributed by atoms with Crippen molar-refractivity contribution in [2.24, 2.45) is 5.73 Å². The van der Waals surface area contributed by atoms with Crippen molar-refractivity contribution in [1.82, 2.24) is 4.31 Å². The molecule has 1 aromatic carbocycles. The number of sulfonamides is 1. The molecular weight excluding hydrogens is 384 g/mol. The molecule has 1 heterocycles. The van der Waals surface area contributed by atoms with Gasteiger partial charge in [0.25, 0.3) is 0 Å². The summed E-state index contributed by atoms with van der Waals surface area (Å²) in [6.45, 7) is 1.21. The molecule has 2 N–H and O–H groups in total. The number of ether oxygens (including phenoxy) is 2. The minimum Gasteiger partial charge on any atom is -0.495 e. The van der Waals surface area contributed by atoms with Gasteiger partial charge in [0, 0.05) is 24.1 Å². The molecule has 9 heteroatoms. The van der Waals surface area contributed by atoms with Crippen molar-refractivity contribution in [3.05, 3.63) is 22.7 Å². The van der Waals surface area contributed by atoms with Gasteiger partial charge in [-0.2, -0.15) is 4.31 Å². The summed E-state index contributed by atoms with van der Waals surface area (Å²) in [7, 11) is -2.18. The summed E-state index contributed by atoms with van der Waals surface area (Å²) in [6.07, 6.45) is -0.267. The van der Waals surface area contributed by atoms with Gasteiger partial charge in [-0.05, 0) is 18.2 Å². The van der Waals surface area contributed by atoms with E-state index < -0.39 is 10.0 Å². The fourth-order valence-corrected chi connectivity index (χ4v) is 4.19. The standard InChI is InChI=1S/C12H17BrN2O4S.ClH/c1-18-11-3-2-9(13)6-12(11)20(16,17)15-4-5-19-10(7-14)8-15;/h2-3,6,10H,4-5,7-8,14H2,1H3;1H. The molecular formula is C12H18BrClN2O4S. The summed E-state index contributed by atoms with van der Waals surface area (Å²) in [5.74, 6) is 0.323. The quantitative estimate of drug-likeness (QED) is 0.820. The zero-order valence-corrected chi connectivity index (χ0v) is 14.7. The molecule has 0 bridgehead atoms. The average molecular weight is 402 g/mol. The normalized spacial score (nSPS) is 19.9. The number of nitrogens with zero attached hydrogens (tertiary/aromatic N) is 1. The van der Waals surface area contributed by atoms with Crippen LogP contribution in [0.15, 0.2) is 27.6 Å². The number of hydrogen-bond donors (Lipinski definition) is 1. The molecule has 0 aliphatic carbocycles. The van der Waals surface area contributed by atoms with Gasteiger partial charge >= 0.3 is 0 Å². The topological polar surface area (TPSA) is 81.9 Å². The predicted molar refractivity (Wildman–Crippen MR) is 85.5 cm³/mol. The molecule has 1 fully saturated rings. The van der Waals surface area contributed by atoms with Crippen molar-refractivity contribution in [2.75, 3.05) is 33.4 Å². The number of hydrogen-bond acceptors (Lipinski definition) is 5. The summed E-state index contributed by atoms with van der Waals surface area (Å²) in [5.41, 5.74) is 5.55. The highest BCUT2D eigenvalue weighted by Crippen LogP contribution is 2.30. The Hall–Kier alpha value is -0.380. The van der Waals surface area contributed by atoms with Crippen molar-refractivity contribution in [3.63, 3.8) is 0 Å². The van der Waals surface area contributed by atoms with Crippen LogP contribution in [0.2, 0.25) is 0 Å². The van der Waals surface area contributed by atoms with Crippen LogP contribution in [0.1, 0.15) is 0 Å². The fourth-order valence-electron chi connectivity index (χ4n) is 2.04. The van der Waals surface area contributed by atoms with Crippen LogP contribution in [0.25, 0.3) is 0 Å². The summed E-state index contributed by atoms with van der Waals surface area (Å²) in [6, 6.07) is 4.90. The third kappa shape index (κ3) is 4.08. The molecule has 6 nitrogen and oxygen atoms in total. The van der Waals surface area contributed by atoms with E-state index in [1.54, 1.807) is 18.2 Å². The van der Waals surface area contributed by atoms with Gasteiger partial charge in [0.1, 0.15) is 10.6 Å². The smallest absolute Gasteiger partial charge is 0.246 e. The van der Waals surface area contributed by atoms with Gasteiger partial charge in [0.15, 0.2) is 0 Å². The maximum absolute atomic E-state index is 12.7. The molecule has 21 heavy (non-hydrogen) atoms. The SMILES string of the molecule is COc1ccc(Br)cc1S(=O)(=O)N1CCOC(CN)C1.Cl. The Morgan fingerprint density at radius 2 is 2.24 bits per heavy atom. The van der Waals surface area contributed by atoms with Crippen molar-refractivity contribution >= 4 is 38.4 Å². The van der Waals surface area contributed by atoms with E-state index in [1.807, 2.05) is 0 Å². The first kappa shape index (κ1) is 18.7. The van der Waals surface area contributed by atoms with Crippen molar-refractivity contribution in [2.45, 2.75) is 11.0 Å². The maximum atomic E-state index is 12.7. The zero-order chi connectivity index (χ0) is 14.8. The molecule has 1 atom stereocenters. The molecule has 1 unspecified atom stereocenters. The Bertz CT molecular complexity index is 585. The molecule has 1 saturated heterocycles. The highest BCUT2D eigenvalue weighted by Gasteiger charge is 2.32. The largest absolute Gasteiger partial charge is 0.495 e. The van der Waals surface area contributed by atoms with Crippen LogP contribution in [0.4, 0.5) is 0 Å². The third-order valence-corrected chi connectivity index (χ3v) is 5.49. The number of nitrogens with two attached hydrogens (primary N) is 1. The lowest BCUT2D eigenvalue weighted by Crippen LogP contribution is -2.48. The highest BCUT2D eigenvalue weighted by atomic mass is 79.9. The van der Waals surface area contributed by atoms with Gasteiger partial charge in [-0.3, -0.25) is 0 Å². The summed E-state index contributed by atoms with van der Waals surface area (Å²) < 4.78 is 38.0. The van der Waals surface area contributed by atoms with Gasteiger partial charge in [-0.25, -0.2) is 8.42 Å². The van der Waals surface area contributed by atoms with E-state index >= 15 is 0 Å². The number of methoxy groups -OCH3 is 1. The molecule has 1 aliphatic rings. The molecule has 0 saturated carbocycles. The van der Waals surface area contributed by atoms with Gasteiger partial charge < -0.3 is 15.2 Å². The molecule has 0 amide bonds. The number of benzene rings is 1. The van der Waals surface area contributed by atoms with E-state index in [0.29, 0.717) is 29.9 Å². The van der Waals surface area contributed by atoms with E-state index in [1.165, 1.54) is 11.4 Å². The molecule has 2 rings (SSSR count). The van der Waals surface area contributed by atoms with E-state index in [2.05, 4.69) is 15.9 Å². The summed E-state index contributed by atoms with van der Waals surface area (Å²) >= 11 is 3.28. The molecule has 1 aliphatic heterocycles. The highest BCUT2D eigenvalue weighted by molar-refractivity contribution is 9.10. The molecule has 1 aromatic rings. The Morgan fingerprint density at radius 1 is 1.52 bits per heavy atom. The van der Waals surface area contributed by atoms with E-state index in [0.717, 1.165) is 0 Å². The molecule has 0 aromatic heterocycles. The summed E-state index contributed by atoms with van der Waals surface area (Å²) in [4.78, 5) is 0.145. The third-order valence-electron chi connectivity index (χ3n) is 3.11. The van der Waals surface area contributed by atoms with Gasteiger partial charge in [0.05, 0.1) is 19.8 Å². The maximum Gasteiger partial charge on any atom is 0.246 e. The lowest BCUT2D eigenvalue weighted by Gasteiger charge is -2.31. The van der Waals surface area contributed by atoms with E-state index in [9.17, 15) is 8.42 Å². The van der Waals surface area contributed by atoms with Crippen molar-refractivity contribution in [1.29, 1.82) is 0 Å². The lowest BCUT2D eigenvalue weighted by molar-refractivity contribution is 0.00447. The summed E-state index contributed by atoms with van der Waals surface area (Å²) in [5, 5.41) is 0. The van der Waals surface area contributed by atoms with Crippen LogP contribution in [0.5, 0.6) is 5.75 Å². The number of rotatable bonds is 4. The van der Waals surface area contributed by atoms with Crippen LogP contribution >= 0.6 is 28.3 Å². The van der Waals surface area contributed by atoms with Crippen LogP contribution in [0, 0.1) is 0 Å². The van der Waals surface area contributed by atoms with Crippen LogP contribution in [0.3, 0.4) is 0 Å². The van der Waals surface area contributed by atoms with E-state index in [4.69, 9.17) is 15.2 Å². The minimum absolute atomic E-state index is 0. The molecule has 0 radical (unpaired) electrons. The number of morpholine rings is 1. The Morgan fingerprint density at radius 3 is 2.86 bits per heavy atom. The monoisotopic (exact) mass is 400 g/mol. The first-order valence-electron chi connectivity index (χ1n) is 6.14. The Balaban J connectivity index is 0.00000220. The second kappa shape index (κ2) is 7.75. The molecule has 120 valence electrons. The first-order chi connectivity index (χ1) is 9.48. The Labute approximate surface area is 139 Å². The lowest BCUT2D eigenvalue weighted by atomic mass is 10.3.